The lowest BCUT2D eigenvalue weighted by Crippen LogP contribution is -2.15. The number of nitriles is 1. The van der Waals surface area contributed by atoms with Gasteiger partial charge < -0.3 is 5.32 Å². The van der Waals surface area contributed by atoms with Crippen LogP contribution in [0.4, 0.5) is 5.69 Å². The Bertz CT molecular complexity index is 716. The summed E-state index contributed by atoms with van der Waals surface area (Å²) in [5.74, 6) is -0.130. The molecule has 1 amide bonds. The van der Waals surface area contributed by atoms with E-state index in [4.69, 9.17) is 28.5 Å². The Labute approximate surface area is 136 Å². The third kappa shape index (κ3) is 4.36. The van der Waals surface area contributed by atoms with Gasteiger partial charge in [0.15, 0.2) is 0 Å². The fourth-order valence-corrected chi connectivity index (χ4v) is 2.65. The molecule has 0 radical (unpaired) electrons. The van der Waals surface area contributed by atoms with Gasteiger partial charge in [-0.25, -0.2) is 4.98 Å². The van der Waals surface area contributed by atoms with Crippen LogP contribution < -0.4 is 5.32 Å². The third-order valence-corrected chi connectivity index (χ3v) is 4.10. The zero-order valence-electron chi connectivity index (χ0n) is 10.6. The van der Waals surface area contributed by atoms with Crippen molar-refractivity contribution in [1.29, 1.82) is 5.26 Å². The summed E-state index contributed by atoms with van der Waals surface area (Å²) >= 11 is 13.0. The second-order valence-corrected chi connectivity index (χ2v) is 5.74. The summed E-state index contributed by atoms with van der Waals surface area (Å²) in [4.78, 5) is 16.0. The van der Waals surface area contributed by atoms with Gasteiger partial charge in [-0.2, -0.15) is 5.26 Å². The van der Waals surface area contributed by atoms with E-state index in [1.807, 2.05) is 6.07 Å². The molecule has 0 fully saturated rings. The lowest BCUT2D eigenvalue weighted by atomic mass is 10.2. The van der Waals surface area contributed by atoms with Gasteiger partial charge in [-0.05, 0) is 30.3 Å². The average molecular weight is 338 g/mol. The fraction of sp³-hybridized carbons (Fsp3) is 0.0714. The fourth-order valence-electron chi connectivity index (χ4n) is 1.51. The minimum Gasteiger partial charge on any atom is -0.324 e. The number of rotatable bonds is 4. The van der Waals surface area contributed by atoms with Crippen molar-refractivity contribution in [2.24, 2.45) is 0 Å². The highest BCUT2D eigenvalue weighted by atomic mass is 35.5. The summed E-state index contributed by atoms with van der Waals surface area (Å²) < 4.78 is 0. The first kappa shape index (κ1) is 15.6. The minimum atomic E-state index is -0.263. The van der Waals surface area contributed by atoms with Crippen molar-refractivity contribution in [3.05, 3.63) is 52.1 Å². The monoisotopic (exact) mass is 337 g/mol. The summed E-state index contributed by atoms with van der Waals surface area (Å²) in [6.45, 7) is 0. The van der Waals surface area contributed by atoms with Gasteiger partial charge in [0.25, 0.3) is 0 Å². The molecule has 21 heavy (non-hydrogen) atoms. The van der Waals surface area contributed by atoms with E-state index >= 15 is 0 Å². The van der Waals surface area contributed by atoms with E-state index in [0.29, 0.717) is 26.3 Å². The number of hydrogen-bond donors (Lipinski definition) is 1. The van der Waals surface area contributed by atoms with Crippen molar-refractivity contribution in [1.82, 2.24) is 4.98 Å². The summed E-state index contributed by atoms with van der Waals surface area (Å²) in [7, 11) is 0. The number of benzene rings is 1. The van der Waals surface area contributed by atoms with Gasteiger partial charge in [-0.1, -0.05) is 35.0 Å². The largest absolute Gasteiger partial charge is 0.324 e. The molecule has 1 heterocycles. The maximum Gasteiger partial charge on any atom is 0.234 e. The number of amides is 1. The normalized spacial score (nSPS) is 9.95. The third-order valence-electron chi connectivity index (χ3n) is 2.44. The zero-order chi connectivity index (χ0) is 15.2. The van der Waals surface area contributed by atoms with Crippen molar-refractivity contribution in [3.63, 3.8) is 0 Å². The van der Waals surface area contributed by atoms with E-state index in [9.17, 15) is 4.79 Å². The van der Waals surface area contributed by atoms with Gasteiger partial charge in [-0.15, -0.1) is 0 Å². The molecule has 1 N–H and O–H groups in total. The van der Waals surface area contributed by atoms with Crippen LogP contribution in [0.3, 0.4) is 0 Å². The number of nitrogens with one attached hydrogen (secondary N) is 1. The lowest BCUT2D eigenvalue weighted by molar-refractivity contribution is -0.113. The lowest BCUT2D eigenvalue weighted by Gasteiger charge is -2.07. The second-order valence-electron chi connectivity index (χ2n) is 3.93. The molecule has 106 valence electrons. The molecular weight excluding hydrogens is 329 g/mol. The van der Waals surface area contributed by atoms with Crippen LogP contribution >= 0.6 is 35.0 Å². The molecule has 1 aromatic carbocycles. The molecule has 0 aliphatic carbocycles. The van der Waals surface area contributed by atoms with Crippen molar-refractivity contribution < 1.29 is 4.79 Å². The van der Waals surface area contributed by atoms with Crippen LogP contribution in [0.15, 0.2) is 41.6 Å². The number of hydrogen-bond acceptors (Lipinski definition) is 4. The summed E-state index contributed by atoms with van der Waals surface area (Å²) in [6.07, 6.45) is 1.61. The standard InChI is InChI=1S/C14H9Cl2N3OS/c15-10-4-3-9(7-17)12(6-10)19-13(20)8-21-14-11(16)2-1-5-18-14/h1-6H,8H2,(H,19,20). The Kier molecular flexibility index (Phi) is 5.45. The Morgan fingerprint density at radius 2 is 2.19 bits per heavy atom. The van der Waals surface area contributed by atoms with Crippen LogP contribution in [-0.4, -0.2) is 16.6 Å². The number of halogens is 2. The van der Waals surface area contributed by atoms with Crippen LogP contribution in [0, 0.1) is 11.3 Å². The highest BCUT2D eigenvalue weighted by Gasteiger charge is 2.10. The predicted molar refractivity (Wildman–Crippen MR) is 84.8 cm³/mol. The number of anilines is 1. The molecule has 4 nitrogen and oxygen atoms in total. The summed E-state index contributed by atoms with van der Waals surface area (Å²) in [5, 5.41) is 13.2. The molecule has 2 rings (SSSR count). The van der Waals surface area contributed by atoms with Gasteiger partial charge in [-0.3, -0.25) is 4.79 Å². The van der Waals surface area contributed by atoms with Crippen LogP contribution in [0.25, 0.3) is 0 Å². The molecule has 2 aromatic rings. The molecule has 0 aliphatic heterocycles. The molecule has 0 aliphatic rings. The van der Waals surface area contributed by atoms with Gasteiger partial charge in [0.05, 0.1) is 22.0 Å². The molecule has 0 saturated heterocycles. The zero-order valence-corrected chi connectivity index (χ0v) is 13.0. The van der Waals surface area contributed by atoms with Crippen molar-refractivity contribution >= 4 is 46.6 Å². The molecular formula is C14H9Cl2N3OS. The number of nitrogens with zero attached hydrogens (tertiary/aromatic N) is 2. The minimum absolute atomic E-state index is 0.133. The molecule has 1 aromatic heterocycles. The molecule has 0 saturated carbocycles. The first-order valence-corrected chi connectivity index (χ1v) is 7.57. The highest BCUT2D eigenvalue weighted by Crippen LogP contribution is 2.25. The van der Waals surface area contributed by atoms with Crippen molar-refractivity contribution in [3.8, 4) is 6.07 Å². The molecule has 0 spiro atoms. The van der Waals surface area contributed by atoms with Crippen molar-refractivity contribution in [2.75, 3.05) is 11.1 Å². The van der Waals surface area contributed by atoms with Gasteiger partial charge in [0.2, 0.25) is 5.91 Å². The van der Waals surface area contributed by atoms with E-state index in [2.05, 4.69) is 10.3 Å². The quantitative estimate of drug-likeness (QED) is 0.856. The molecule has 0 unspecified atom stereocenters. The average Bonchev–Trinajstić information content (AvgIpc) is 2.47. The van der Waals surface area contributed by atoms with Crippen molar-refractivity contribution in [2.45, 2.75) is 5.03 Å². The smallest absolute Gasteiger partial charge is 0.234 e. The van der Waals surface area contributed by atoms with E-state index < -0.39 is 0 Å². The van der Waals surface area contributed by atoms with E-state index in [0.717, 1.165) is 0 Å². The maximum absolute atomic E-state index is 11.9. The molecule has 0 atom stereocenters. The second kappa shape index (κ2) is 7.32. The van der Waals surface area contributed by atoms with Crippen LogP contribution in [0.1, 0.15) is 5.56 Å². The predicted octanol–water partition coefficient (Wildman–Crippen LogP) is 3.99. The molecule has 0 bridgehead atoms. The topological polar surface area (TPSA) is 65.8 Å². The van der Waals surface area contributed by atoms with E-state index in [-0.39, 0.29) is 11.7 Å². The van der Waals surface area contributed by atoms with Gasteiger partial charge >= 0.3 is 0 Å². The molecule has 7 heteroatoms. The Balaban J connectivity index is 2.01. The first-order chi connectivity index (χ1) is 10.1. The van der Waals surface area contributed by atoms with Gasteiger partial charge in [0, 0.05) is 11.2 Å². The number of carbonyl (C=O) groups is 1. The SMILES string of the molecule is N#Cc1ccc(Cl)cc1NC(=O)CSc1ncccc1Cl. The van der Waals surface area contributed by atoms with Crippen LogP contribution in [0.5, 0.6) is 0 Å². The Morgan fingerprint density at radius 1 is 1.38 bits per heavy atom. The van der Waals surface area contributed by atoms with Crippen LogP contribution in [0.2, 0.25) is 10.0 Å². The summed E-state index contributed by atoms with van der Waals surface area (Å²) in [5.41, 5.74) is 0.747. The highest BCUT2D eigenvalue weighted by molar-refractivity contribution is 8.00. The summed E-state index contributed by atoms with van der Waals surface area (Å²) in [6, 6.07) is 10.1. The Hall–Kier alpha value is -1.74. The first-order valence-electron chi connectivity index (χ1n) is 5.83. The maximum atomic E-state index is 11.9. The number of pyridine rings is 1. The number of aromatic nitrogens is 1. The van der Waals surface area contributed by atoms with E-state index in [1.165, 1.54) is 17.8 Å². The van der Waals surface area contributed by atoms with Gasteiger partial charge in [0.1, 0.15) is 11.1 Å². The van der Waals surface area contributed by atoms with Crippen LogP contribution in [-0.2, 0) is 4.79 Å². The van der Waals surface area contributed by atoms with E-state index in [1.54, 1.807) is 30.5 Å². The number of thioether (sulfide) groups is 1. The Morgan fingerprint density at radius 3 is 2.90 bits per heavy atom. The number of carbonyl (C=O) groups excluding carboxylic acids is 1.